The van der Waals surface area contributed by atoms with Gasteiger partial charge in [-0.3, -0.25) is 4.98 Å². The maximum absolute atomic E-state index is 13.2. The molecular weight excluding hydrogens is 235 g/mol. The lowest BCUT2D eigenvalue weighted by atomic mass is 10.1. The largest absolute Gasteiger partial charge is 0.396 e. The van der Waals surface area contributed by atoms with E-state index in [0.717, 1.165) is 6.20 Å². The summed E-state index contributed by atoms with van der Waals surface area (Å²) in [6.45, 7) is -0.631. The van der Waals surface area contributed by atoms with E-state index in [-0.39, 0.29) is 10.0 Å². The number of halogens is 4. The molecule has 0 unspecified atom stereocenters. The topological polar surface area (TPSA) is 33.1 Å². The van der Waals surface area contributed by atoms with Gasteiger partial charge in [-0.25, -0.2) is 0 Å². The molecule has 0 amide bonds. The number of hydrogen-bond donors (Lipinski definition) is 1. The van der Waals surface area contributed by atoms with Crippen molar-refractivity contribution in [2.45, 2.75) is 12.3 Å². The average Bonchev–Trinajstić information content (AvgIpc) is 2.02. The summed E-state index contributed by atoms with van der Waals surface area (Å²) in [6.07, 6.45) is 0.384. The maximum Gasteiger partial charge on any atom is 0.293 e. The molecule has 0 aliphatic carbocycles. The van der Waals surface area contributed by atoms with Crippen LogP contribution in [0.5, 0.6) is 0 Å². The molecule has 1 N–H and O–H groups in total. The molecule has 0 aliphatic heterocycles. The molecule has 6 heteroatoms. The zero-order valence-corrected chi connectivity index (χ0v) is 8.49. The van der Waals surface area contributed by atoms with E-state index in [0.29, 0.717) is 0 Å². The van der Waals surface area contributed by atoms with Crippen LogP contribution in [-0.2, 0) is 5.92 Å². The quantitative estimate of drug-likeness (QED) is 0.883. The summed E-state index contributed by atoms with van der Waals surface area (Å²) < 4.78 is 26.4. The molecule has 0 aliphatic rings. The average molecular weight is 242 g/mol. The van der Waals surface area contributed by atoms with Crippen LogP contribution in [0.25, 0.3) is 0 Å². The second-order valence-electron chi connectivity index (χ2n) is 2.66. The van der Waals surface area contributed by atoms with E-state index in [4.69, 9.17) is 28.3 Å². The summed E-state index contributed by atoms with van der Waals surface area (Å²) in [5.74, 6) is -3.23. The van der Waals surface area contributed by atoms with Gasteiger partial charge in [0.15, 0.2) is 0 Å². The monoisotopic (exact) mass is 241 g/mol. The molecule has 0 fully saturated rings. The van der Waals surface area contributed by atoms with Crippen molar-refractivity contribution in [2.75, 3.05) is 6.61 Å². The van der Waals surface area contributed by atoms with Crippen LogP contribution in [0.15, 0.2) is 12.3 Å². The summed E-state index contributed by atoms with van der Waals surface area (Å²) in [4.78, 5) is 3.44. The Balaban J connectivity index is 3.06. The van der Waals surface area contributed by atoms with Crippen LogP contribution in [0.4, 0.5) is 8.78 Å². The van der Waals surface area contributed by atoms with Crippen LogP contribution in [-0.4, -0.2) is 16.7 Å². The number of aliphatic hydroxyl groups excluding tert-OH is 1. The van der Waals surface area contributed by atoms with Crippen LogP contribution in [0, 0.1) is 0 Å². The molecule has 1 aromatic heterocycles. The summed E-state index contributed by atoms with van der Waals surface area (Å²) in [6, 6.07) is 1.19. The molecular formula is C8H7Cl2F2NO. The highest BCUT2D eigenvalue weighted by Gasteiger charge is 2.34. The lowest BCUT2D eigenvalue weighted by Gasteiger charge is -2.15. The van der Waals surface area contributed by atoms with Crippen LogP contribution in [0.3, 0.4) is 0 Å². The van der Waals surface area contributed by atoms with E-state index in [1.165, 1.54) is 6.07 Å². The first-order valence-electron chi connectivity index (χ1n) is 3.77. The van der Waals surface area contributed by atoms with E-state index < -0.39 is 24.6 Å². The Morgan fingerprint density at radius 3 is 2.57 bits per heavy atom. The van der Waals surface area contributed by atoms with E-state index in [2.05, 4.69) is 4.98 Å². The third kappa shape index (κ3) is 2.53. The Morgan fingerprint density at radius 2 is 2.07 bits per heavy atom. The Kier molecular flexibility index (Phi) is 3.64. The highest BCUT2D eigenvalue weighted by atomic mass is 35.5. The number of rotatable bonds is 3. The van der Waals surface area contributed by atoms with Crippen molar-refractivity contribution >= 4 is 23.2 Å². The molecule has 14 heavy (non-hydrogen) atoms. The fourth-order valence-electron chi connectivity index (χ4n) is 0.943. The molecule has 0 radical (unpaired) electrons. The molecule has 0 saturated carbocycles. The summed E-state index contributed by atoms with van der Waals surface area (Å²) >= 11 is 11.0. The van der Waals surface area contributed by atoms with Crippen molar-refractivity contribution in [1.29, 1.82) is 0 Å². The van der Waals surface area contributed by atoms with E-state index in [9.17, 15) is 8.78 Å². The first-order valence-corrected chi connectivity index (χ1v) is 4.53. The SMILES string of the molecule is OCCC(F)(F)c1ncc(Cl)cc1Cl. The summed E-state index contributed by atoms with van der Waals surface area (Å²) in [7, 11) is 0. The van der Waals surface area contributed by atoms with E-state index in [1.807, 2.05) is 0 Å². The molecule has 1 rings (SSSR count). The normalized spacial score (nSPS) is 11.8. The van der Waals surface area contributed by atoms with Gasteiger partial charge in [0, 0.05) is 19.2 Å². The van der Waals surface area contributed by atoms with Crippen molar-refractivity contribution in [3.63, 3.8) is 0 Å². The Hall–Kier alpha value is -0.450. The van der Waals surface area contributed by atoms with Crippen molar-refractivity contribution in [2.24, 2.45) is 0 Å². The van der Waals surface area contributed by atoms with Gasteiger partial charge >= 0.3 is 0 Å². The third-order valence-electron chi connectivity index (χ3n) is 1.58. The number of aromatic nitrogens is 1. The fourth-order valence-corrected chi connectivity index (χ4v) is 1.46. The fraction of sp³-hybridized carbons (Fsp3) is 0.375. The lowest BCUT2D eigenvalue weighted by Crippen LogP contribution is -2.17. The van der Waals surface area contributed by atoms with Gasteiger partial charge in [-0.2, -0.15) is 8.78 Å². The smallest absolute Gasteiger partial charge is 0.293 e. The zero-order chi connectivity index (χ0) is 10.8. The lowest BCUT2D eigenvalue weighted by molar-refractivity contribution is -0.0308. The minimum Gasteiger partial charge on any atom is -0.396 e. The number of alkyl halides is 2. The van der Waals surface area contributed by atoms with Crippen molar-refractivity contribution < 1.29 is 13.9 Å². The maximum atomic E-state index is 13.2. The van der Waals surface area contributed by atoms with Gasteiger partial charge in [0.2, 0.25) is 0 Å². The number of pyridine rings is 1. The standard InChI is InChI=1S/C8H7Cl2F2NO/c9-5-3-6(10)7(13-4-5)8(11,12)1-2-14/h3-4,14H,1-2H2. The summed E-state index contributed by atoms with van der Waals surface area (Å²) in [5, 5.41) is 8.43. The molecule has 2 nitrogen and oxygen atoms in total. The van der Waals surface area contributed by atoms with Crippen LogP contribution >= 0.6 is 23.2 Å². The zero-order valence-electron chi connectivity index (χ0n) is 6.98. The number of hydrogen-bond acceptors (Lipinski definition) is 2. The van der Waals surface area contributed by atoms with Crippen molar-refractivity contribution in [1.82, 2.24) is 4.98 Å². The first kappa shape index (κ1) is 11.6. The second-order valence-corrected chi connectivity index (χ2v) is 3.51. The molecule has 0 spiro atoms. The second kappa shape index (κ2) is 4.38. The van der Waals surface area contributed by atoms with Gasteiger partial charge in [-0.15, -0.1) is 0 Å². The molecule has 0 bridgehead atoms. The number of nitrogens with zero attached hydrogens (tertiary/aromatic N) is 1. The minimum atomic E-state index is -3.23. The van der Waals surface area contributed by atoms with Gasteiger partial charge in [-0.05, 0) is 6.07 Å². The van der Waals surface area contributed by atoms with E-state index in [1.54, 1.807) is 0 Å². The van der Waals surface area contributed by atoms with Gasteiger partial charge < -0.3 is 5.11 Å². The molecule has 0 aromatic carbocycles. The first-order chi connectivity index (χ1) is 6.47. The molecule has 1 heterocycles. The molecule has 0 atom stereocenters. The highest BCUT2D eigenvalue weighted by Crippen LogP contribution is 2.35. The van der Waals surface area contributed by atoms with Gasteiger partial charge in [0.25, 0.3) is 5.92 Å². The van der Waals surface area contributed by atoms with Crippen molar-refractivity contribution in [3.8, 4) is 0 Å². The summed E-state index contributed by atoms with van der Waals surface area (Å²) in [5.41, 5.74) is -0.558. The van der Waals surface area contributed by atoms with Gasteiger partial charge in [-0.1, -0.05) is 23.2 Å². The van der Waals surface area contributed by atoms with Crippen LogP contribution in [0.2, 0.25) is 10.0 Å². The predicted molar refractivity (Wildman–Crippen MR) is 49.9 cm³/mol. The van der Waals surface area contributed by atoms with Gasteiger partial charge in [0.05, 0.1) is 10.0 Å². The number of aliphatic hydroxyl groups is 1. The third-order valence-corrected chi connectivity index (χ3v) is 2.07. The van der Waals surface area contributed by atoms with Crippen molar-refractivity contribution in [3.05, 3.63) is 28.0 Å². The predicted octanol–water partition coefficient (Wildman–Crippen LogP) is 2.86. The molecule has 1 aromatic rings. The Bertz CT molecular complexity index is 333. The van der Waals surface area contributed by atoms with Crippen LogP contribution in [0.1, 0.15) is 12.1 Å². The molecule has 0 saturated heterocycles. The van der Waals surface area contributed by atoms with Crippen LogP contribution < -0.4 is 0 Å². The van der Waals surface area contributed by atoms with Gasteiger partial charge in [0.1, 0.15) is 5.69 Å². The Morgan fingerprint density at radius 1 is 1.43 bits per heavy atom. The highest BCUT2D eigenvalue weighted by molar-refractivity contribution is 6.34. The van der Waals surface area contributed by atoms with E-state index >= 15 is 0 Å². The molecule has 78 valence electrons. The Labute approximate surface area is 89.5 Å². The minimum absolute atomic E-state index is 0.193.